The van der Waals surface area contributed by atoms with Gasteiger partial charge in [0.1, 0.15) is 30.5 Å². The number of benzene rings is 3. The molecule has 0 aliphatic carbocycles. The second-order valence-corrected chi connectivity index (χ2v) is 8.79. The van der Waals surface area contributed by atoms with Crippen LogP contribution in [0.4, 0.5) is 4.39 Å². The van der Waals surface area contributed by atoms with Gasteiger partial charge in [0, 0.05) is 18.7 Å². The van der Waals surface area contributed by atoms with Crippen LogP contribution in [0.1, 0.15) is 22.3 Å². The molecule has 4 rings (SSSR count). The van der Waals surface area contributed by atoms with Gasteiger partial charge in [0.05, 0.1) is 25.7 Å². The molecule has 0 radical (unpaired) electrons. The Labute approximate surface area is 250 Å². The normalized spacial score (nSPS) is 13.5. The SMILES string of the molecule is Cc1cc(OC/C=C(/c2ccc(F)cc2)c2ccc(C#CCN3CCOCC3)cc2)ccc1OCC(=O)[O-].[Na+]. The van der Waals surface area contributed by atoms with E-state index in [1.165, 1.54) is 12.1 Å². The summed E-state index contributed by atoms with van der Waals surface area (Å²) in [5, 5.41) is 10.6. The predicted molar refractivity (Wildman–Crippen MR) is 141 cm³/mol. The summed E-state index contributed by atoms with van der Waals surface area (Å²) in [7, 11) is 0. The summed E-state index contributed by atoms with van der Waals surface area (Å²) < 4.78 is 30.1. The van der Waals surface area contributed by atoms with Gasteiger partial charge in [-0.2, -0.15) is 0 Å². The average Bonchev–Trinajstić information content (AvgIpc) is 2.92. The summed E-state index contributed by atoms with van der Waals surface area (Å²) in [6.07, 6.45) is 1.95. The third-order valence-corrected chi connectivity index (χ3v) is 6.02. The van der Waals surface area contributed by atoms with E-state index in [1.54, 1.807) is 30.3 Å². The average molecular weight is 538 g/mol. The summed E-state index contributed by atoms with van der Waals surface area (Å²) in [4.78, 5) is 12.9. The summed E-state index contributed by atoms with van der Waals surface area (Å²) in [5.74, 6) is 5.95. The monoisotopic (exact) mass is 537 g/mol. The Hall–Kier alpha value is -3.12. The molecule has 3 aromatic carbocycles. The molecule has 6 nitrogen and oxygen atoms in total. The zero-order valence-corrected chi connectivity index (χ0v) is 24.2. The van der Waals surface area contributed by atoms with Crippen molar-refractivity contribution < 1.29 is 58.1 Å². The minimum Gasteiger partial charge on any atom is -0.546 e. The van der Waals surface area contributed by atoms with Crippen molar-refractivity contribution >= 4 is 11.5 Å². The quantitative estimate of drug-likeness (QED) is 0.292. The number of morpholine rings is 1. The van der Waals surface area contributed by atoms with E-state index in [2.05, 4.69) is 16.7 Å². The zero-order valence-electron chi connectivity index (χ0n) is 22.2. The molecule has 1 heterocycles. The van der Waals surface area contributed by atoms with E-state index in [1.807, 2.05) is 37.3 Å². The molecule has 0 atom stereocenters. The van der Waals surface area contributed by atoms with Crippen LogP contribution in [0.5, 0.6) is 11.5 Å². The molecule has 0 amide bonds. The Morgan fingerprint density at radius 1 is 1.03 bits per heavy atom. The van der Waals surface area contributed by atoms with Gasteiger partial charge in [0.15, 0.2) is 0 Å². The minimum atomic E-state index is -1.28. The van der Waals surface area contributed by atoms with Crippen molar-refractivity contribution in [3.8, 4) is 23.3 Å². The van der Waals surface area contributed by atoms with Gasteiger partial charge < -0.3 is 24.1 Å². The van der Waals surface area contributed by atoms with Crippen LogP contribution in [0.25, 0.3) is 5.57 Å². The van der Waals surface area contributed by atoms with Crippen molar-refractivity contribution in [1.82, 2.24) is 4.90 Å². The van der Waals surface area contributed by atoms with Crippen molar-refractivity contribution in [2.24, 2.45) is 0 Å². The zero-order chi connectivity index (χ0) is 26.7. The molecule has 0 spiro atoms. The first-order valence-corrected chi connectivity index (χ1v) is 12.4. The maximum Gasteiger partial charge on any atom is 1.00 e. The molecule has 0 bridgehead atoms. The van der Waals surface area contributed by atoms with Crippen LogP contribution >= 0.6 is 0 Å². The largest absolute Gasteiger partial charge is 1.00 e. The third kappa shape index (κ3) is 9.54. The molecular weight excluding hydrogens is 508 g/mol. The summed E-state index contributed by atoms with van der Waals surface area (Å²) in [5.41, 5.74) is 4.40. The Morgan fingerprint density at radius 3 is 2.33 bits per heavy atom. The fraction of sp³-hybridized carbons (Fsp3) is 0.258. The molecule has 8 heteroatoms. The van der Waals surface area contributed by atoms with Gasteiger partial charge >= 0.3 is 29.6 Å². The first-order valence-electron chi connectivity index (χ1n) is 12.4. The van der Waals surface area contributed by atoms with Gasteiger partial charge in [-0.25, -0.2) is 4.39 Å². The van der Waals surface area contributed by atoms with Crippen molar-refractivity contribution in [3.05, 3.63) is 101 Å². The van der Waals surface area contributed by atoms with Crippen LogP contribution in [-0.2, 0) is 9.53 Å². The number of carbonyl (C=O) groups excluding carboxylic acids is 1. The summed E-state index contributed by atoms with van der Waals surface area (Å²) in [6.45, 7) is 5.60. The number of nitrogens with zero attached hydrogens (tertiary/aromatic N) is 1. The van der Waals surface area contributed by atoms with E-state index in [4.69, 9.17) is 14.2 Å². The molecule has 0 aromatic heterocycles. The van der Waals surface area contributed by atoms with Crippen LogP contribution in [0.2, 0.25) is 0 Å². The number of carboxylic acid groups (broad SMARTS) is 1. The number of carbonyl (C=O) groups is 1. The Morgan fingerprint density at radius 2 is 1.69 bits per heavy atom. The number of ether oxygens (including phenoxy) is 3. The van der Waals surface area contributed by atoms with Crippen molar-refractivity contribution in [2.45, 2.75) is 6.92 Å². The fourth-order valence-corrected chi connectivity index (χ4v) is 4.01. The molecule has 1 fully saturated rings. The van der Waals surface area contributed by atoms with Crippen LogP contribution in [0.15, 0.2) is 72.8 Å². The maximum absolute atomic E-state index is 13.6. The number of hydrogen-bond donors (Lipinski definition) is 0. The van der Waals surface area contributed by atoms with Crippen LogP contribution in [0.3, 0.4) is 0 Å². The molecular formula is C31H29FNNaO5. The van der Waals surface area contributed by atoms with Crippen LogP contribution < -0.4 is 44.1 Å². The molecule has 196 valence electrons. The van der Waals surface area contributed by atoms with Gasteiger partial charge in [-0.1, -0.05) is 36.1 Å². The number of aryl methyl sites for hydroxylation is 1. The number of carboxylic acids is 1. The number of hydrogen-bond acceptors (Lipinski definition) is 6. The molecule has 39 heavy (non-hydrogen) atoms. The standard InChI is InChI=1S/C31H30FNO5.Na/c1-23-21-28(12-13-30(23)38-22-31(34)35)37-18-14-29(26-8-10-27(32)11-9-26)25-6-4-24(5-7-25)3-2-15-33-16-19-36-20-17-33;/h4-14,21H,15-20,22H2,1H3,(H,34,35);/q;+1/p-1/b29-14+;. The van der Waals surface area contributed by atoms with E-state index < -0.39 is 12.6 Å². The summed E-state index contributed by atoms with van der Waals surface area (Å²) >= 11 is 0. The third-order valence-electron chi connectivity index (χ3n) is 6.02. The Kier molecular flexibility index (Phi) is 12.1. The van der Waals surface area contributed by atoms with Crippen LogP contribution in [0, 0.1) is 24.6 Å². The maximum atomic E-state index is 13.6. The minimum absolute atomic E-state index is 0. The molecule has 0 saturated carbocycles. The first kappa shape index (κ1) is 30.4. The van der Waals surface area contributed by atoms with Crippen molar-refractivity contribution in [3.63, 3.8) is 0 Å². The van der Waals surface area contributed by atoms with E-state index in [-0.39, 0.29) is 42.0 Å². The van der Waals surface area contributed by atoms with Crippen molar-refractivity contribution in [1.29, 1.82) is 0 Å². The number of aliphatic carboxylic acids is 1. The van der Waals surface area contributed by atoms with Gasteiger partial charge in [-0.15, -0.1) is 0 Å². The molecule has 0 unspecified atom stereocenters. The molecule has 1 aliphatic heterocycles. The Balaban J connectivity index is 0.00000420. The second kappa shape index (κ2) is 15.5. The first-order chi connectivity index (χ1) is 18.5. The second-order valence-electron chi connectivity index (χ2n) is 8.79. The van der Waals surface area contributed by atoms with Crippen molar-refractivity contribution in [2.75, 3.05) is 46.1 Å². The number of rotatable bonds is 9. The smallest absolute Gasteiger partial charge is 0.546 e. The molecule has 1 saturated heterocycles. The molecule has 1 aliphatic rings. The molecule has 0 N–H and O–H groups in total. The van der Waals surface area contributed by atoms with E-state index in [0.717, 1.165) is 54.1 Å². The van der Waals surface area contributed by atoms with Gasteiger partial charge in [-0.05, 0) is 77.7 Å². The fourth-order valence-electron chi connectivity index (χ4n) is 4.01. The molecule has 3 aromatic rings. The van der Waals surface area contributed by atoms with Gasteiger partial charge in [0.2, 0.25) is 0 Å². The van der Waals surface area contributed by atoms with E-state index in [0.29, 0.717) is 18.0 Å². The Bertz CT molecular complexity index is 1320. The predicted octanol–water partition coefficient (Wildman–Crippen LogP) is 0.461. The van der Waals surface area contributed by atoms with E-state index >= 15 is 0 Å². The topological polar surface area (TPSA) is 71.1 Å². The van der Waals surface area contributed by atoms with E-state index in [9.17, 15) is 14.3 Å². The number of halogens is 1. The van der Waals surface area contributed by atoms with Gasteiger partial charge in [0.25, 0.3) is 0 Å². The van der Waals surface area contributed by atoms with Gasteiger partial charge in [-0.3, -0.25) is 4.90 Å². The van der Waals surface area contributed by atoms with Crippen LogP contribution in [-0.4, -0.2) is 56.9 Å². The summed E-state index contributed by atoms with van der Waals surface area (Å²) in [6, 6.07) is 19.5.